The number of hydrogen-bond donors (Lipinski definition) is 3. The summed E-state index contributed by atoms with van der Waals surface area (Å²) in [4.78, 5) is 0.568. The molecule has 1 aromatic heterocycles. The van der Waals surface area contributed by atoms with Crippen LogP contribution in [0, 0.1) is 11.3 Å². The first-order chi connectivity index (χ1) is 7.69. The largest absolute Gasteiger partial charge is 0.397 e. The molecule has 0 aliphatic heterocycles. The molecular formula is C11H15N3OS. The van der Waals surface area contributed by atoms with E-state index in [-0.39, 0.29) is 6.10 Å². The van der Waals surface area contributed by atoms with E-state index in [1.54, 1.807) is 0 Å². The third-order valence-electron chi connectivity index (χ3n) is 2.91. The Bertz CT molecular complexity index is 402. The Kier molecular flexibility index (Phi) is 3.32. The molecule has 1 heterocycles. The van der Waals surface area contributed by atoms with Gasteiger partial charge in [-0.05, 0) is 31.7 Å². The average molecular weight is 237 g/mol. The van der Waals surface area contributed by atoms with Crippen LogP contribution in [0.4, 0.5) is 10.7 Å². The molecule has 0 saturated heterocycles. The van der Waals surface area contributed by atoms with Gasteiger partial charge in [-0.25, -0.2) is 0 Å². The zero-order valence-electron chi connectivity index (χ0n) is 8.94. The van der Waals surface area contributed by atoms with E-state index in [0.717, 1.165) is 30.7 Å². The Labute approximate surface area is 98.7 Å². The zero-order valence-corrected chi connectivity index (χ0v) is 9.76. The van der Waals surface area contributed by atoms with Gasteiger partial charge in [-0.1, -0.05) is 0 Å². The molecule has 0 spiro atoms. The van der Waals surface area contributed by atoms with E-state index < -0.39 is 0 Å². The first-order valence-corrected chi connectivity index (χ1v) is 6.24. The van der Waals surface area contributed by atoms with Crippen molar-refractivity contribution >= 4 is 22.0 Å². The van der Waals surface area contributed by atoms with Crippen molar-refractivity contribution in [3.05, 3.63) is 10.9 Å². The maximum Gasteiger partial charge on any atom is 0.129 e. The summed E-state index contributed by atoms with van der Waals surface area (Å²) in [7, 11) is 0. The Balaban J connectivity index is 1.96. The van der Waals surface area contributed by atoms with E-state index in [2.05, 4.69) is 11.4 Å². The number of anilines is 2. The normalized spacial score (nSPS) is 25.0. The maximum absolute atomic E-state index is 9.39. The fourth-order valence-electron chi connectivity index (χ4n) is 1.98. The van der Waals surface area contributed by atoms with Crippen LogP contribution in [0.5, 0.6) is 0 Å². The summed E-state index contributed by atoms with van der Waals surface area (Å²) in [6, 6.07) is 4.28. The van der Waals surface area contributed by atoms with E-state index in [4.69, 9.17) is 11.0 Å². The highest BCUT2D eigenvalue weighted by atomic mass is 32.1. The van der Waals surface area contributed by atoms with Crippen LogP contribution >= 0.6 is 11.3 Å². The maximum atomic E-state index is 9.39. The van der Waals surface area contributed by atoms with Gasteiger partial charge < -0.3 is 16.2 Å². The third kappa shape index (κ3) is 2.46. The Morgan fingerprint density at radius 2 is 2.12 bits per heavy atom. The number of nitrogen functional groups attached to an aromatic ring is 1. The Morgan fingerprint density at radius 1 is 1.44 bits per heavy atom. The van der Waals surface area contributed by atoms with Crippen molar-refractivity contribution in [2.45, 2.75) is 37.8 Å². The molecule has 0 bridgehead atoms. The van der Waals surface area contributed by atoms with E-state index in [1.807, 2.05) is 6.07 Å². The Hall–Kier alpha value is -1.25. The summed E-state index contributed by atoms with van der Waals surface area (Å²) in [6.45, 7) is 0. The molecule has 2 rings (SSSR count). The third-order valence-corrected chi connectivity index (χ3v) is 3.89. The summed E-state index contributed by atoms with van der Waals surface area (Å²) >= 11 is 1.39. The smallest absolute Gasteiger partial charge is 0.129 e. The molecule has 1 fully saturated rings. The fourth-order valence-corrected chi connectivity index (χ4v) is 2.84. The molecule has 1 saturated carbocycles. The van der Waals surface area contributed by atoms with E-state index in [0.29, 0.717) is 16.6 Å². The van der Waals surface area contributed by atoms with Gasteiger partial charge in [0.2, 0.25) is 0 Å². The van der Waals surface area contributed by atoms with Crippen LogP contribution in [-0.4, -0.2) is 17.3 Å². The molecule has 0 atom stereocenters. The highest BCUT2D eigenvalue weighted by Crippen LogP contribution is 2.31. The fraction of sp³-hybridized carbons (Fsp3) is 0.545. The molecule has 0 amide bonds. The van der Waals surface area contributed by atoms with Crippen molar-refractivity contribution in [1.29, 1.82) is 5.26 Å². The van der Waals surface area contributed by atoms with E-state index >= 15 is 0 Å². The van der Waals surface area contributed by atoms with Crippen molar-refractivity contribution in [2.75, 3.05) is 11.1 Å². The van der Waals surface area contributed by atoms with Crippen molar-refractivity contribution in [2.24, 2.45) is 0 Å². The SMILES string of the molecule is N#Cc1sc(NC2CCC(O)CC2)cc1N. The molecule has 4 nitrogen and oxygen atoms in total. The molecule has 5 heteroatoms. The van der Waals surface area contributed by atoms with Crippen LogP contribution in [0.1, 0.15) is 30.6 Å². The van der Waals surface area contributed by atoms with Crippen LogP contribution < -0.4 is 11.1 Å². The first kappa shape index (κ1) is 11.2. The van der Waals surface area contributed by atoms with Gasteiger partial charge in [0.05, 0.1) is 16.8 Å². The molecule has 4 N–H and O–H groups in total. The number of nitrogens with one attached hydrogen (secondary N) is 1. The molecular weight excluding hydrogens is 222 g/mol. The minimum absolute atomic E-state index is 0.138. The van der Waals surface area contributed by atoms with Crippen LogP contribution in [0.3, 0.4) is 0 Å². The van der Waals surface area contributed by atoms with Gasteiger partial charge in [0.25, 0.3) is 0 Å². The van der Waals surface area contributed by atoms with Crippen LogP contribution in [0.15, 0.2) is 6.07 Å². The number of nitriles is 1. The summed E-state index contributed by atoms with van der Waals surface area (Å²) in [6.07, 6.45) is 3.51. The van der Waals surface area contributed by atoms with Gasteiger partial charge in [0, 0.05) is 6.04 Å². The summed E-state index contributed by atoms with van der Waals surface area (Å²) in [5, 5.41) is 22.5. The molecule has 0 unspecified atom stereocenters. The topological polar surface area (TPSA) is 82.1 Å². The lowest BCUT2D eigenvalue weighted by Crippen LogP contribution is -2.27. The second-order valence-corrected chi connectivity index (χ2v) is 5.21. The molecule has 1 aromatic rings. The lowest BCUT2D eigenvalue weighted by molar-refractivity contribution is 0.126. The number of aliphatic hydroxyl groups excluding tert-OH is 1. The molecule has 1 aliphatic rings. The molecule has 86 valence electrons. The van der Waals surface area contributed by atoms with Crippen molar-refractivity contribution in [3.8, 4) is 6.07 Å². The summed E-state index contributed by atoms with van der Waals surface area (Å²) in [5.41, 5.74) is 6.23. The number of nitrogens with two attached hydrogens (primary N) is 1. The van der Waals surface area contributed by atoms with E-state index in [9.17, 15) is 5.11 Å². The monoisotopic (exact) mass is 237 g/mol. The van der Waals surface area contributed by atoms with Crippen LogP contribution in [-0.2, 0) is 0 Å². The van der Waals surface area contributed by atoms with Crippen LogP contribution in [0.2, 0.25) is 0 Å². The van der Waals surface area contributed by atoms with Crippen LogP contribution in [0.25, 0.3) is 0 Å². The summed E-state index contributed by atoms with van der Waals surface area (Å²) in [5.74, 6) is 0. The van der Waals surface area contributed by atoms with Gasteiger partial charge in [-0.15, -0.1) is 11.3 Å². The van der Waals surface area contributed by atoms with Gasteiger partial charge >= 0.3 is 0 Å². The Morgan fingerprint density at radius 3 is 2.69 bits per heavy atom. The number of rotatable bonds is 2. The molecule has 16 heavy (non-hydrogen) atoms. The van der Waals surface area contributed by atoms with Crippen molar-refractivity contribution in [3.63, 3.8) is 0 Å². The van der Waals surface area contributed by atoms with Gasteiger partial charge in [-0.3, -0.25) is 0 Å². The number of thiophene rings is 1. The number of hydrogen-bond acceptors (Lipinski definition) is 5. The van der Waals surface area contributed by atoms with Gasteiger partial charge in [-0.2, -0.15) is 5.26 Å². The lowest BCUT2D eigenvalue weighted by Gasteiger charge is -2.26. The second-order valence-electron chi connectivity index (χ2n) is 4.16. The molecule has 0 radical (unpaired) electrons. The predicted octanol–water partition coefficient (Wildman–Crippen LogP) is 1.92. The number of aliphatic hydroxyl groups is 1. The predicted molar refractivity (Wildman–Crippen MR) is 65.3 cm³/mol. The first-order valence-electron chi connectivity index (χ1n) is 5.43. The highest BCUT2D eigenvalue weighted by Gasteiger charge is 2.19. The van der Waals surface area contributed by atoms with E-state index in [1.165, 1.54) is 11.3 Å². The second kappa shape index (κ2) is 4.73. The van der Waals surface area contributed by atoms with Crippen molar-refractivity contribution < 1.29 is 5.11 Å². The zero-order chi connectivity index (χ0) is 11.5. The quantitative estimate of drug-likeness (QED) is 0.734. The minimum Gasteiger partial charge on any atom is -0.397 e. The minimum atomic E-state index is -0.138. The lowest BCUT2D eigenvalue weighted by atomic mass is 9.93. The standard InChI is InChI=1S/C11H15N3OS/c12-6-10-9(13)5-11(16-10)14-7-1-3-8(15)4-2-7/h5,7-8,14-15H,1-4,13H2. The molecule has 0 aromatic carbocycles. The van der Waals surface area contributed by atoms with Gasteiger partial charge in [0.1, 0.15) is 10.9 Å². The molecule has 1 aliphatic carbocycles. The van der Waals surface area contributed by atoms with Gasteiger partial charge in [0.15, 0.2) is 0 Å². The number of nitrogens with zero attached hydrogens (tertiary/aromatic N) is 1. The highest BCUT2D eigenvalue weighted by molar-refractivity contribution is 7.17. The average Bonchev–Trinajstić information content (AvgIpc) is 2.62. The van der Waals surface area contributed by atoms with Crippen molar-refractivity contribution in [1.82, 2.24) is 0 Å². The summed E-state index contributed by atoms with van der Waals surface area (Å²) < 4.78 is 0.